The van der Waals surface area contributed by atoms with Crippen molar-refractivity contribution in [2.24, 2.45) is 11.8 Å². The monoisotopic (exact) mass is 249 g/mol. The number of hydrazine groups is 1. The molecular formula is C13H19N3O2. The summed E-state index contributed by atoms with van der Waals surface area (Å²) in [6.07, 6.45) is 1.02. The van der Waals surface area contributed by atoms with Crippen molar-refractivity contribution in [2.45, 2.75) is 6.42 Å². The van der Waals surface area contributed by atoms with Crippen molar-refractivity contribution in [2.75, 3.05) is 32.2 Å². The highest BCUT2D eigenvalue weighted by Crippen LogP contribution is 2.19. The van der Waals surface area contributed by atoms with E-state index in [1.807, 2.05) is 4.90 Å². The fourth-order valence-electron chi connectivity index (χ4n) is 2.28. The molecule has 0 aromatic heterocycles. The Hall–Kier alpha value is -1.59. The number of benzene rings is 1. The Labute approximate surface area is 107 Å². The standard InChI is InChI=1S/C13H19N3O2/c1-18-9-10-6-7-16(8-10)13(17)11-2-4-12(15-14)5-3-11/h2-5,10,15H,6-9,14H2,1H3. The van der Waals surface area contributed by atoms with E-state index in [0.717, 1.165) is 31.8 Å². The quantitative estimate of drug-likeness (QED) is 0.619. The van der Waals surface area contributed by atoms with Crippen LogP contribution in [0.4, 0.5) is 5.69 Å². The average molecular weight is 249 g/mol. The molecule has 1 heterocycles. The van der Waals surface area contributed by atoms with Gasteiger partial charge in [0.15, 0.2) is 0 Å². The van der Waals surface area contributed by atoms with E-state index in [9.17, 15) is 4.79 Å². The van der Waals surface area contributed by atoms with Gasteiger partial charge in [0.1, 0.15) is 0 Å². The lowest BCUT2D eigenvalue weighted by molar-refractivity contribution is 0.0775. The van der Waals surface area contributed by atoms with Crippen molar-refractivity contribution < 1.29 is 9.53 Å². The van der Waals surface area contributed by atoms with E-state index in [-0.39, 0.29) is 5.91 Å². The highest BCUT2D eigenvalue weighted by Gasteiger charge is 2.26. The van der Waals surface area contributed by atoms with Crippen molar-refractivity contribution >= 4 is 11.6 Å². The number of amides is 1. The molecule has 1 aromatic rings. The van der Waals surface area contributed by atoms with Gasteiger partial charge in [-0.15, -0.1) is 0 Å². The number of likely N-dealkylation sites (tertiary alicyclic amines) is 1. The molecule has 1 amide bonds. The maximum atomic E-state index is 12.2. The van der Waals surface area contributed by atoms with Crippen LogP contribution in [0.15, 0.2) is 24.3 Å². The van der Waals surface area contributed by atoms with Crippen LogP contribution >= 0.6 is 0 Å². The van der Waals surface area contributed by atoms with Crippen LogP contribution in [0, 0.1) is 5.92 Å². The Morgan fingerprint density at radius 3 is 2.83 bits per heavy atom. The Balaban J connectivity index is 1.98. The van der Waals surface area contributed by atoms with E-state index in [0.29, 0.717) is 11.5 Å². The third-order valence-electron chi connectivity index (χ3n) is 3.27. The number of rotatable bonds is 4. The molecule has 2 rings (SSSR count). The van der Waals surface area contributed by atoms with Crippen LogP contribution in [-0.2, 0) is 4.74 Å². The molecule has 1 aromatic carbocycles. The molecule has 0 bridgehead atoms. The molecule has 18 heavy (non-hydrogen) atoms. The first kappa shape index (κ1) is 12.9. The summed E-state index contributed by atoms with van der Waals surface area (Å²) >= 11 is 0. The van der Waals surface area contributed by atoms with E-state index in [4.69, 9.17) is 10.6 Å². The van der Waals surface area contributed by atoms with Crippen LogP contribution in [0.1, 0.15) is 16.8 Å². The van der Waals surface area contributed by atoms with Gasteiger partial charge in [0.05, 0.1) is 6.61 Å². The molecule has 5 heteroatoms. The van der Waals surface area contributed by atoms with Gasteiger partial charge in [-0.2, -0.15) is 0 Å². The van der Waals surface area contributed by atoms with Crippen LogP contribution in [0.5, 0.6) is 0 Å². The number of nitrogen functional groups attached to an aromatic ring is 1. The number of carbonyl (C=O) groups excluding carboxylic acids is 1. The Kier molecular flexibility index (Phi) is 4.17. The molecule has 1 unspecified atom stereocenters. The SMILES string of the molecule is COCC1CCN(C(=O)c2ccc(NN)cc2)C1. The lowest BCUT2D eigenvalue weighted by Crippen LogP contribution is -2.29. The zero-order valence-electron chi connectivity index (χ0n) is 10.6. The number of carbonyl (C=O) groups is 1. The van der Waals surface area contributed by atoms with Crippen molar-refractivity contribution in [1.82, 2.24) is 4.90 Å². The Bertz CT molecular complexity index is 405. The van der Waals surface area contributed by atoms with Crippen LogP contribution < -0.4 is 11.3 Å². The summed E-state index contributed by atoms with van der Waals surface area (Å²) in [4.78, 5) is 14.1. The molecule has 0 saturated carbocycles. The number of anilines is 1. The topological polar surface area (TPSA) is 67.6 Å². The van der Waals surface area contributed by atoms with E-state index in [2.05, 4.69) is 5.43 Å². The first-order valence-electron chi connectivity index (χ1n) is 6.09. The smallest absolute Gasteiger partial charge is 0.253 e. The number of hydrogen-bond donors (Lipinski definition) is 2. The van der Waals surface area contributed by atoms with Crippen molar-refractivity contribution in [3.63, 3.8) is 0 Å². The van der Waals surface area contributed by atoms with Crippen LogP contribution in [-0.4, -0.2) is 37.6 Å². The minimum Gasteiger partial charge on any atom is -0.384 e. The highest BCUT2D eigenvalue weighted by molar-refractivity contribution is 5.94. The minimum atomic E-state index is 0.0807. The lowest BCUT2D eigenvalue weighted by Gasteiger charge is -2.16. The van der Waals surface area contributed by atoms with Crippen LogP contribution in [0.3, 0.4) is 0 Å². The number of methoxy groups -OCH3 is 1. The molecule has 0 aliphatic carbocycles. The maximum Gasteiger partial charge on any atom is 0.253 e. The molecule has 1 aliphatic rings. The van der Waals surface area contributed by atoms with Gasteiger partial charge in [0.25, 0.3) is 5.91 Å². The molecule has 0 spiro atoms. The van der Waals surface area contributed by atoms with E-state index < -0.39 is 0 Å². The first-order chi connectivity index (χ1) is 8.74. The second kappa shape index (κ2) is 5.84. The third-order valence-corrected chi connectivity index (χ3v) is 3.27. The summed E-state index contributed by atoms with van der Waals surface area (Å²) in [5.74, 6) is 5.83. The molecule has 3 N–H and O–H groups in total. The van der Waals surface area contributed by atoms with Gasteiger partial charge in [-0.3, -0.25) is 10.6 Å². The van der Waals surface area contributed by atoms with Crippen molar-refractivity contribution in [3.8, 4) is 0 Å². The number of ether oxygens (including phenoxy) is 1. The zero-order valence-corrected chi connectivity index (χ0v) is 10.6. The fourth-order valence-corrected chi connectivity index (χ4v) is 2.28. The van der Waals surface area contributed by atoms with Gasteiger partial charge >= 0.3 is 0 Å². The third kappa shape index (κ3) is 2.80. The number of nitrogens with zero attached hydrogens (tertiary/aromatic N) is 1. The minimum absolute atomic E-state index is 0.0807. The van der Waals surface area contributed by atoms with Gasteiger partial charge in [-0.1, -0.05) is 0 Å². The van der Waals surface area contributed by atoms with Gasteiger partial charge in [-0.25, -0.2) is 0 Å². The number of nitrogens with two attached hydrogens (primary N) is 1. The van der Waals surface area contributed by atoms with Gasteiger partial charge in [0, 0.05) is 37.4 Å². The van der Waals surface area contributed by atoms with E-state index in [1.165, 1.54) is 0 Å². The van der Waals surface area contributed by atoms with Crippen molar-refractivity contribution in [1.29, 1.82) is 0 Å². The summed E-state index contributed by atoms with van der Waals surface area (Å²) < 4.78 is 5.13. The summed E-state index contributed by atoms with van der Waals surface area (Å²) in [5, 5.41) is 0. The van der Waals surface area contributed by atoms with Gasteiger partial charge < -0.3 is 15.1 Å². The second-order valence-corrected chi connectivity index (χ2v) is 4.58. The second-order valence-electron chi connectivity index (χ2n) is 4.58. The maximum absolute atomic E-state index is 12.2. The van der Waals surface area contributed by atoms with Crippen LogP contribution in [0.2, 0.25) is 0 Å². The van der Waals surface area contributed by atoms with E-state index in [1.54, 1.807) is 31.4 Å². The summed E-state index contributed by atoms with van der Waals surface area (Å²) in [6.45, 7) is 2.31. The molecule has 1 atom stereocenters. The lowest BCUT2D eigenvalue weighted by atomic mass is 10.1. The van der Waals surface area contributed by atoms with Crippen molar-refractivity contribution in [3.05, 3.63) is 29.8 Å². The Morgan fingerprint density at radius 1 is 1.50 bits per heavy atom. The highest BCUT2D eigenvalue weighted by atomic mass is 16.5. The number of nitrogens with one attached hydrogen (secondary N) is 1. The number of hydrogen-bond acceptors (Lipinski definition) is 4. The first-order valence-corrected chi connectivity index (χ1v) is 6.09. The van der Waals surface area contributed by atoms with Crippen LogP contribution in [0.25, 0.3) is 0 Å². The normalized spacial score (nSPS) is 19.0. The largest absolute Gasteiger partial charge is 0.384 e. The summed E-state index contributed by atoms with van der Waals surface area (Å²) in [5.41, 5.74) is 4.04. The molecule has 1 fully saturated rings. The summed E-state index contributed by atoms with van der Waals surface area (Å²) in [6, 6.07) is 7.19. The van der Waals surface area contributed by atoms with E-state index >= 15 is 0 Å². The predicted octanol–water partition coefficient (Wildman–Crippen LogP) is 1.08. The fraction of sp³-hybridized carbons (Fsp3) is 0.462. The molecule has 1 saturated heterocycles. The molecular weight excluding hydrogens is 230 g/mol. The van der Waals surface area contributed by atoms with Gasteiger partial charge in [-0.05, 0) is 30.7 Å². The molecule has 0 radical (unpaired) electrons. The summed E-state index contributed by atoms with van der Waals surface area (Å²) in [7, 11) is 1.70. The zero-order chi connectivity index (χ0) is 13.0. The predicted molar refractivity (Wildman–Crippen MR) is 70.1 cm³/mol. The Morgan fingerprint density at radius 2 is 2.22 bits per heavy atom. The average Bonchev–Trinajstić information content (AvgIpc) is 2.87. The van der Waals surface area contributed by atoms with Gasteiger partial charge in [0.2, 0.25) is 0 Å². The molecule has 5 nitrogen and oxygen atoms in total. The molecule has 98 valence electrons. The molecule has 1 aliphatic heterocycles.